The molecule has 1 unspecified atom stereocenters. The molecule has 0 radical (unpaired) electrons. The second-order valence-corrected chi connectivity index (χ2v) is 19.4. The van der Waals surface area contributed by atoms with E-state index in [1.165, 1.54) is 10.4 Å². The summed E-state index contributed by atoms with van der Waals surface area (Å²) in [5.74, 6) is 0. The summed E-state index contributed by atoms with van der Waals surface area (Å²) in [4.78, 5) is 0. The lowest BCUT2D eigenvalue weighted by atomic mass is 9.80. The Kier molecular flexibility index (Phi) is 12.6. The number of hydrogen-bond acceptors (Lipinski definition) is 6. The van der Waals surface area contributed by atoms with Gasteiger partial charge in [0.2, 0.25) is 0 Å². The maximum absolute atomic E-state index is 11.7. The Labute approximate surface area is 299 Å². The van der Waals surface area contributed by atoms with E-state index in [9.17, 15) is 8.42 Å². The van der Waals surface area contributed by atoms with Crippen molar-refractivity contribution in [1.82, 2.24) is 0 Å². The van der Waals surface area contributed by atoms with Crippen LogP contribution in [-0.2, 0) is 33.8 Å². The lowest BCUT2D eigenvalue weighted by Crippen LogP contribution is -2.66. The van der Waals surface area contributed by atoms with Crippen LogP contribution in [0.4, 0.5) is 0 Å². The minimum atomic E-state index is -3.61. The largest absolute Gasteiger partial charge is 0.407 e. The van der Waals surface area contributed by atoms with E-state index in [1.54, 1.807) is 0 Å². The molecule has 0 aromatic heterocycles. The molecule has 6 nitrogen and oxygen atoms in total. The van der Waals surface area contributed by atoms with E-state index in [0.29, 0.717) is 13.0 Å². The number of benzene rings is 5. The average molecular weight is 709 g/mol. The molecule has 5 rings (SSSR count). The summed E-state index contributed by atoms with van der Waals surface area (Å²) >= 11 is 0. The molecule has 5 aromatic carbocycles. The van der Waals surface area contributed by atoms with E-state index >= 15 is 0 Å². The van der Waals surface area contributed by atoms with Crippen molar-refractivity contribution in [2.75, 3.05) is 32.7 Å². The SMILES string of the molecule is CC(C)(C)[Si](OCCC(COC(c1ccccc1)(c1ccccc1)c1ccccc1)OCCOS(C)(=O)=O)(c1ccccc1)c1ccccc1. The number of ether oxygens (including phenoxy) is 2. The van der Waals surface area contributed by atoms with Gasteiger partial charge in [0.05, 0.1) is 32.2 Å². The zero-order valence-electron chi connectivity index (χ0n) is 29.4. The van der Waals surface area contributed by atoms with Crippen LogP contribution in [0, 0.1) is 0 Å². The predicted molar refractivity (Wildman–Crippen MR) is 204 cm³/mol. The van der Waals surface area contributed by atoms with Gasteiger partial charge < -0.3 is 13.9 Å². The summed E-state index contributed by atoms with van der Waals surface area (Å²) in [6, 6.07) is 51.7. The Morgan fingerprint density at radius 3 is 1.36 bits per heavy atom. The summed E-state index contributed by atoms with van der Waals surface area (Å²) in [6.45, 7) is 7.37. The highest BCUT2D eigenvalue weighted by Gasteiger charge is 2.50. The van der Waals surface area contributed by atoms with Crippen molar-refractivity contribution in [3.63, 3.8) is 0 Å². The monoisotopic (exact) mass is 708 g/mol. The molecule has 1 atom stereocenters. The molecule has 0 N–H and O–H groups in total. The highest BCUT2D eigenvalue weighted by atomic mass is 32.2. The highest BCUT2D eigenvalue weighted by Crippen LogP contribution is 2.41. The van der Waals surface area contributed by atoms with Gasteiger partial charge in [0.15, 0.2) is 0 Å². The number of rotatable bonds is 17. The van der Waals surface area contributed by atoms with Gasteiger partial charge >= 0.3 is 0 Å². The van der Waals surface area contributed by atoms with Gasteiger partial charge in [0.25, 0.3) is 18.4 Å². The molecule has 0 amide bonds. The Bertz CT molecular complexity index is 1700. The second-order valence-electron chi connectivity index (χ2n) is 13.4. The molecular formula is C42H48O6SSi. The van der Waals surface area contributed by atoms with Crippen molar-refractivity contribution in [2.24, 2.45) is 0 Å². The Morgan fingerprint density at radius 1 is 0.580 bits per heavy atom. The van der Waals surface area contributed by atoms with Crippen LogP contribution < -0.4 is 10.4 Å². The second kappa shape index (κ2) is 16.9. The average Bonchev–Trinajstić information content (AvgIpc) is 3.13. The molecule has 0 aliphatic rings. The van der Waals surface area contributed by atoms with Crippen LogP contribution in [0.25, 0.3) is 0 Å². The van der Waals surface area contributed by atoms with Crippen LogP contribution in [0.1, 0.15) is 43.9 Å². The van der Waals surface area contributed by atoms with E-state index in [-0.39, 0.29) is 24.9 Å². The Balaban J connectivity index is 1.49. The maximum atomic E-state index is 11.7. The minimum Gasteiger partial charge on any atom is -0.407 e. The quantitative estimate of drug-likeness (QED) is 0.0437. The van der Waals surface area contributed by atoms with Gasteiger partial charge in [-0.05, 0) is 38.5 Å². The summed E-state index contributed by atoms with van der Waals surface area (Å²) in [5.41, 5.74) is 2.02. The summed E-state index contributed by atoms with van der Waals surface area (Å²) < 4.78 is 49.2. The van der Waals surface area contributed by atoms with Crippen molar-refractivity contribution in [3.8, 4) is 0 Å². The van der Waals surface area contributed by atoms with Crippen LogP contribution in [0.3, 0.4) is 0 Å². The van der Waals surface area contributed by atoms with Gasteiger partial charge in [-0.15, -0.1) is 0 Å². The molecule has 8 heteroatoms. The molecule has 0 saturated heterocycles. The van der Waals surface area contributed by atoms with Crippen molar-refractivity contribution in [1.29, 1.82) is 0 Å². The van der Waals surface area contributed by atoms with Crippen molar-refractivity contribution < 1.29 is 26.5 Å². The fraction of sp³-hybridized carbons (Fsp3) is 0.286. The molecule has 0 heterocycles. The Morgan fingerprint density at radius 2 is 0.980 bits per heavy atom. The zero-order valence-corrected chi connectivity index (χ0v) is 31.2. The van der Waals surface area contributed by atoms with Crippen molar-refractivity contribution >= 4 is 28.8 Å². The Hall–Kier alpha value is -3.89. The molecule has 0 aliphatic carbocycles. The van der Waals surface area contributed by atoms with E-state index in [1.807, 2.05) is 66.7 Å². The summed E-state index contributed by atoms with van der Waals surface area (Å²) in [6.07, 6.45) is 1.11. The van der Waals surface area contributed by atoms with Crippen molar-refractivity contribution in [3.05, 3.63) is 168 Å². The summed E-state index contributed by atoms with van der Waals surface area (Å²) in [5, 5.41) is 2.21. The third-order valence-corrected chi connectivity index (χ3v) is 14.6. The maximum Gasteiger partial charge on any atom is 0.264 e. The first-order chi connectivity index (χ1) is 24.1. The molecule has 50 heavy (non-hydrogen) atoms. The van der Waals surface area contributed by atoms with Crippen molar-refractivity contribution in [2.45, 2.75) is 43.9 Å². The van der Waals surface area contributed by atoms with Crippen LogP contribution in [-0.4, -0.2) is 55.5 Å². The molecule has 0 aliphatic heterocycles. The smallest absolute Gasteiger partial charge is 0.264 e. The molecule has 0 fully saturated rings. The van der Waals surface area contributed by atoms with Crippen LogP contribution in [0.2, 0.25) is 5.04 Å². The third-order valence-electron chi connectivity index (χ3n) is 8.94. The van der Waals surface area contributed by atoms with E-state index < -0.39 is 30.1 Å². The number of hydrogen-bond donors (Lipinski definition) is 0. The van der Waals surface area contributed by atoms with E-state index in [0.717, 1.165) is 22.9 Å². The zero-order chi connectivity index (χ0) is 35.5. The fourth-order valence-electron chi connectivity index (χ4n) is 6.71. The first-order valence-electron chi connectivity index (χ1n) is 17.1. The molecule has 0 bridgehead atoms. The fourth-order valence-corrected chi connectivity index (χ4v) is 11.7. The van der Waals surface area contributed by atoms with Gasteiger partial charge in [-0.25, -0.2) is 0 Å². The van der Waals surface area contributed by atoms with Crippen LogP contribution >= 0.6 is 0 Å². The normalized spacial score (nSPS) is 13.2. The minimum absolute atomic E-state index is 0.0787. The lowest BCUT2D eigenvalue weighted by Gasteiger charge is -2.43. The lowest BCUT2D eigenvalue weighted by molar-refractivity contribution is -0.0742. The summed E-state index contributed by atoms with van der Waals surface area (Å²) in [7, 11) is -6.41. The van der Waals surface area contributed by atoms with Crippen LogP contribution in [0.15, 0.2) is 152 Å². The first kappa shape index (κ1) is 37.4. The standard InChI is InChI=1S/C42H48O6SSi/c1-41(2,3)50(39-26-16-8-17-27-39,40-28-18-9-19-29-40)48-31-30-38(45-32-33-47-49(4,43)44)34-46-42(35-20-10-5-11-21-35,36-22-12-6-13-23-36)37-24-14-7-15-25-37/h5-29,38H,30-34H2,1-4H3. The van der Waals surface area contributed by atoms with Gasteiger partial charge in [0.1, 0.15) is 5.60 Å². The molecule has 5 aromatic rings. The topological polar surface area (TPSA) is 71.1 Å². The van der Waals surface area contributed by atoms with Gasteiger partial charge in [-0.3, -0.25) is 4.18 Å². The molecule has 0 spiro atoms. The highest BCUT2D eigenvalue weighted by molar-refractivity contribution is 7.85. The molecular weight excluding hydrogens is 661 g/mol. The first-order valence-corrected chi connectivity index (χ1v) is 20.8. The van der Waals surface area contributed by atoms with Gasteiger partial charge in [-0.2, -0.15) is 8.42 Å². The molecule has 262 valence electrons. The predicted octanol–water partition coefficient (Wildman–Crippen LogP) is 7.32. The van der Waals surface area contributed by atoms with Crippen LogP contribution in [0.5, 0.6) is 0 Å². The van der Waals surface area contributed by atoms with E-state index in [4.69, 9.17) is 18.1 Å². The van der Waals surface area contributed by atoms with E-state index in [2.05, 4.69) is 106 Å². The molecule has 0 saturated carbocycles. The van der Waals surface area contributed by atoms with Gasteiger partial charge in [0, 0.05) is 6.61 Å². The van der Waals surface area contributed by atoms with Gasteiger partial charge in [-0.1, -0.05) is 172 Å². The third kappa shape index (κ3) is 8.87.